The maximum atomic E-state index is 13.0. The normalized spacial score (nSPS) is 14.5. The van der Waals surface area contributed by atoms with E-state index in [-0.39, 0.29) is 5.82 Å². The Bertz CT molecular complexity index is 314. The Morgan fingerprint density at radius 3 is 2.83 bits per heavy atom. The third kappa shape index (κ3) is 1.24. The second-order valence-corrected chi connectivity index (χ2v) is 3.46. The van der Waals surface area contributed by atoms with E-state index in [0.29, 0.717) is 28.3 Å². The highest BCUT2D eigenvalue weighted by molar-refractivity contribution is 14.1. The number of benzene rings is 1. The van der Waals surface area contributed by atoms with Gasteiger partial charge in [0.25, 0.3) is 0 Å². The van der Waals surface area contributed by atoms with Crippen LogP contribution >= 0.6 is 22.6 Å². The number of hydrogen-bond donors (Lipinski definition) is 0. The number of halogens is 2. The summed E-state index contributed by atoms with van der Waals surface area (Å²) in [5, 5.41) is 0. The lowest BCUT2D eigenvalue weighted by molar-refractivity contribution is 0.169. The van der Waals surface area contributed by atoms with Crippen LogP contribution in [0.3, 0.4) is 0 Å². The van der Waals surface area contributed by atoms with Crippen molar-refractivity contribution in [3.63, 3.8) is 0 Å². The van der Waals surface area contributed by atoms with Gasteiger partial charge in [0.05, 0.1) is 3.57 Å². The van der Waals surface area contributed by atoms with E-state index in [9.17, 15) is 4.39 Å². The Labute approximate surface area is 82.8 Å². The summed E-state index contributed by atoms with van der Waals surface area (Å²) >= 11 is 1.91. The average molecular weight is 280 g/mol. The summed E-state index contributed by atoms with van der Waals surface area (Å²) in [7, 11) is 0. The smallest absolute Gasteiger partial charge is 0.177 e. The van der Waals surface area contributed by atoms with Crippen molar-refractivity contribution in [3.05, 3.63) is 21.5 Å². The molecule has 0 radical (unpaired) electrons. The predicted molar refractivity (Wildman–Crippen MR) is 50.1 cm³/mol. The number of ether oxygens (including phenoxy) is 2. The van der Waals surface area contributed by atoms with Crippen molar-refractivity contribution in [3.8, 4) is 11.5 Å². The molecule has 4 heteroatoms. The molecule has 0 amide bonds. The van der Waals surface area contributed by atoms with Gasteiger partial charge in [-0.2, -0.15) is 0 Å². The van der Waals surface area contributed by atoms with Crippen LogP contribution in [-0.2, 0) is 0 Å². The van der Waals surface area contributed by atoms with Gasteiger partial charge in [-0.05, 0) is 34.7 Å². The first-order valence-corrected chi connectivity index (χ1v) is 4.60. The molecule has 1 heterocycles. The van der Waals surface area contributed by atoms with Gasteiger partial charge in [0.15, 0.2) is 11.5 Å². The minimum atomic E-state index is -0.264. The van der Waals surface area contributed by atoms with Crippen molar-refractivity contribution in [1.29, 1.82) is 0 Å². The summed E-state index contributed by atoms with van der Waals surface area (Å²) < 4.78 is 24.0. The van der Waals surface area contributed by atoms with E-state index in [1.165, 1.54) is 6.07 Å². The topological polar surface area (TPSA) is 18.5 Å². The third-order valence-corrected chi connectivity index (χ3v) is 2.61. The van der Waals surface area contributed by atoms with Crippen molar-refractivity contribution in [2.75, 3.05) is 13.2 Å². The van der Waals surface area contributed by atoms with Crippen LogP contribution in [0.1, 0.15) is 0 Å². The van der Waals surface area contributed by atoms with Crippen molar-refractivity contribution >= 4 is 22.6 Å². The molecule has 1 aliphatic rings. The van der Waals surface area contributed by atoms with E-state index in [1.807, 2.05) is 22.6 Å². The largest absolute Gasteiger partial charge is 0.486 e. The summed E-state index contributed by atoms with van der Waals surface area (Å²) in [5.74, 6) is 0.897. The van der Waals surface area contributed by atoms with Crippen LogP contribution in [0, 0.1) is 9.39 Å². The maximum absolute atomic E-state index is 13.0. The summed E-state index contributed by atoms with van der Waals surface area (Å²) in [4.78, 5) is 0. The standard InChI is InChI=1S/C8H6FIO2/c9-5-1-2-6-8(7(5)10)12-4-3-11-6/h1-2H,3-4H2. The molecule has 0 atom stereocenters. The highest BCUT2D eigenvalue weighted by Crippen LogP contribution is 2.35. The maximum Gasteiger partial charge on any atom is 0.177 e. The van der Waals surface area contributed by atoms with Crippen LogP contribution < -0.4 is 9.47 Å². The first kappa shape index (κ1) is 8.10. The molecule has 64 valence electrons. The van der Waals surface area contributed by atoms with Gasteiger partial charge in [-0.3, -0.25) is 0 Å². The van der Waals surface area contributed by atoms with Crippen LogP contribution in [0.2, 0.25) is 0 Å². The molecule has 1 aromatic carbocycles. The second kappa shape index (κ2) is 3.08. The lowest BCUT2D eigenvalue weighted by atomic mass is 10.3. The fourth-order valence-electron chi connectivity index (χ4n) is 1.06. The number of hydrogen-bond acceptors (Lipinski definition) is 2. The minimum absolute atomic E-state index is 0.264. The zero-order chi connectivity index (χ0) is 8.55. The molecule has 0 saturated carbocycles. The molecule has 0 N–H and O–H groups in total. The Balaban J connectivity index is 2.54. The molecule has 2 rings (SSSR count). The lowest BCUT2D eigenvalue weighted by Crippen LogP contribution is -2.16. The van der Waals surface area contributed by atoms with Gasteiger partial charge in [0, 0.05) is 0 Å². The molecule has 1 aromatic rings. The summed E-state index contributed by atoms with van der Waals surface area (Å²) in [6.45, 7) is 1.03. The predicted octanol–water partition coefficient (Wildman–Crippen LogP) is 2.20. The molecule has 0 unspecified atom stereocenters. The Kier molecular flexibility index (Phi) is 2.08. The van der Waals surface area contributed by atoms with Crippen molar-refractivity contribution in [2.24, 2.45) is 0 Å². The summed E-state index contributed by atoms with van der Waals surface area (Å²) in [6.07, 6.45) is 0. The second-order valence-electron chi connectivity index (χ2n) is 2.39. The van der Waals surface area contributed by atoms with Gasteiger partial charge >= 0.3 is 0 Å². The van der Waals surface area contributed by atoms with E-state index < -0.39 is 0 Å². The molecule has 1 aliphatic heterocycles. The molecular formula is C8H6FIO2. The molecule has 2 nitrogen and oxygen atoms in total. The van der Waals surface area contributed by atoms with E-state index in [0.717, 1.165) is 0 Å². The fraction of sp³-hybridized carbons (Fsp3) is 0.250. The van der Waals surface area contributed by atoms with Crippen LogP contribution in [0.25, 0.3) is 0 Å². The van der Waals surface area contributed by atoms with Gasteiger partial charge in [-0.1, -0.05) is 0 Å². The quantitative estimate of drug-likeness (QED) is 0.678. The molecule has 0 aromatic heterocycles. The zero-order valence-electron chi connectivity index (χ0n) is 6.14. The van der Waals surface area contributed by atoms with Crippen molar-refractivity contribution < 1.29 is 13.9 Å². The van der Waals surface area contributed by atoms with Crippen LogP contribution in [0.5, 0.6) is 11.5 Å². The third-order valence-electron chi connectivity index (χ3n) is 1.60. The highest BCUT2D eigenvalue weighted by atomic mass is 127. The van der Waals surface area contributed by atoms with Gasteiger partial charge in [-0.25, -0.2) is 4.39 Å². The van der Waals surface area contributed by atoms with Gasteiger partial charge in [-0.15, -0.1) is 0 Å². The van der Waals surface area contributed by atoms with E-state index in [2.05, 4.69) is 0 Å². The highest BCUT2D eigenvalue weighted by Gasteiger charge is 2.17. The molecule has 0 fully saturated rings. The SMILES string of the molecule is Fc1ccc2c(c1I)OCCO2. The fourth-order valence-corrected chi connectivity index (χ4v) is 1.66. The Morgan fingerprint density at radius 2 is 2.00 bits per heavy atom. The van der Waals surface area contributed by atoms with E-state index >= 15 is 0 Å². The molecule has 0 saturated heterocycles. The molecule has 0 spiro atoms. The Hall–Kier alpha value is -0.520. The van der Waals surface area contributed by atoms with E-state index in [4.69, 9.17) is 9.47 Å². The van der Waals surface area contributed by atoms with Gasteiger partial charge < -0.3 is 9.47 Å². The molecule has 0 bridgehead atoms. The Morgan fingerprint density at radius 1 is 1.25 bits per heavy atom. The summed E-state index contributed by atoms with van der Waals surface area (Å²) in [6, 6.07) is 2.97. The van der Waals surface area contributed by atoms with Crippen molar-refractivity contribution in [1.82, 2.24) is 0 Å². The zero-order valence-corrected chi connectivity index (χ0v) is 8.30. The first-order chi connectivity index (χ1) is 5.79. The molecule has 0 aliphatic carbocycles. The monoisotopic (exact) mass is 280 g/mol. The van der Waals surface area contributed by atoms with Gasteiger partial charge in [0.1, 0.15) is 19.0 Å². The summed E-state index contributed by atoms with van der Waals surface area (Å²) in [5.41, 5.74) is 0. The first-order valence-electron chi connectivity index (χ1n) is 3.52. The number of fused-ring (bicyclic) bond motifs is 1. The van der Waals surface area contributed by atoms with Crippen LogP contribution in [-0.4, -0.2) is 13.2 Å². The molecular weight excluding hydrogens is 274 g/mol. The van der Waals surface area contributed by atoms with Crippen LogP contribution in [0.15, 0.2) is 12.1 Å². The van der Waals surface area contributed by atoms with Crippen molar-refractivity contribution in [2.45, 2.75) is 0 Å². The van der Waals surface area contributed by atoms with Crippen LogP contribution in [0.4, 0.5) is 4.39 Å². The van der Waals surface area contributed by atoms with Gasteiger partial charge in [0.2, 0.25) is 0 Å². The minimum Gasteiger partial charge on any atom is -0.486 e. The number of rotatable bonds is 0. The van der Waals surface area contributed by atoms with E-state index in [1.54, 1.807) is 6.07 Å². The molecule has 12 heavy (non-hydrogen) atoms. The lowest BCUT2D eigenvalue weighted by Gasteiger charge is -2.19. The average Bonchev–Trinajstić information content (AvgIpc) is 2.12.